The fourth-order valence-electron chi connectivity index (χ4n) is 1.61. The van der Waals surface area contributed by atoms with Gasteiger partial charge in [0.25, 0.3) is 0 Å². The van der Waals surface area contributed by atoms with Crippen LogP contribution in [0.2, 0.25) is 0 Å². The van der Waals surface area contributed by atoms with Crippen LogP contribution in [-0.2, 0) is 11.4 Å². The Morgan fingerprint density at radius 3 is 2.61 bits per heavy atom. The largest absolute Gasteiger partial charge is 0.630 e. The maximum atomic E-state index is 11.7. The second-order valence-electron chi connectivity index (χ2n) is 4.07. The number of hydrogen-bond acceptors (Lipinski definition) is 3. The number of hydroxylamine groups is 1. The van der Waals surface area contributed by atoms with E-state index in [-0.39, 0.29) is 5.97 Å². The van der Waals surface area contributed by atoms with Gasteiger partial charge in [-0.15, -0.1) is 0 Å². The lowest BCUT2D eigenvalue weighted by molar-refractivity contribution is 0.0237. The van der Waals surface area contributed by atoms with Gasteiger partial charge in [-0.05, 0) is 30.1 Å². The van der Waals surface area contributed by atoms with Crippen LogP contribution < -0.4 is 5.48 Å². The molecule has 18 heavy (non-hydrogen) atoms. The van der Waals surface area contributed by atoms with E-state index in [1.54, 1.807) is 12.1 Å². The topological polar surface area (TPSA) is 41.2 Å². The molecule has 3 heteroatoms. The molecular weight excluding hydrogens is 226 g/mol. The van der Waals surface area contributed by atoms with Crippen molar-refractivity contribution in [3.8, 4) is 0 Å². The standard InChI is InChI=1S/C15H15NO2/c1-12-6-5-9-14(10-12)15(17)18-16-11-13-7-3-2-4-8-13/h2-10,16H,11H2,1H3/q+1. The van der Waals surface area contributed by atoms with Gasteiger partial charge in [-0.3, -0.25) is 0 Å². The summed E-state index contributed by atoms with van der Waals surface area (Å²) in [4.78, 5) is 16.7. The van der Waals surface area contributed by atoms with Gasteiger partial charge < -0.3 is 0 Å². The highest BCUT2D eigenvalue weighted by molar-refractivity contribution is 5.89. The van der Waals surface area contributed by atoms with Crippen LogP contribution in [0, 0.1) is 6.92 Å². The third-order valence-electron chi connectivity index (χ3n) is 2.54. The van der Waals surface area contributed by atoms with Crippen molar-refractivity contribution in [2.24, 2.45) is 0 Å². The summed E-state index contributed by atoms with van der Waals surface area (Å²) in [7, 11) is 0. The van der Waals surface area contributed by atoms with Crippen molar-refractivity contribution < 1.29 is 9.63 Å². The molecule has 0 fully saturated rings. The molecule has 1 N–H and O–H groups in total. The van der Waals surface area contributed by atoms with Gasteiger partial charge >= 0.3 is 5.97 Å². The Kier molecular flexibility index (Phi) is 4.10. The minimum absolute atomic E-state index is 0.366. The molecule has 0 saturated heterocycles. The molecule has 0 heterocycles. The summed E-state index contributed by atoms with van der Waals surface area (Å²) in [6.07, 6.45) is 0. The first-order valence-electron chi connectivity index (χ1n) is 5.80. The second-order valence-corrected chi connectivity index (χ2v) is 4.07. The third-order valence-corrected chi connectivity index (χ3v) is 2.54. The second kappa shape index (κ2) is 5.98. The Labute approximate surface area is 106 Å². The molecule has 0 aliphatic heterocycles. The molecule has 0 saturated carbocycles. The van der Waals surface area contributed by atoms with E-state index in [0.717, 1.165) is 11.1 Å². The van der Waals surface area contributed by atoms with Gasteiger partial charge in [-0.1, -0.05) is 48.0 Å². The van der Waals surface area contributed by atoms with E-state index in [1.807, 2.05) is 49.4 Å². The van der Waals surface area contributed by atoms with E-state index < -0.39 is 0 Å². The van der Waals surface area contributed by atoms with Crippen molar-refractivity contribution in [2.75, 3.05) is 0 Å². The number of hydrogen-bond donors (Lipinski definition) is 1. The van der Waals surface area contributed by atoms with Gasteiger partial charge in [0.1, 0.15) is 5.56 Å². The molecule has 91 valence electrons. The Morgan fingerprint density at radius 2 is 1.89 bits per heavy atom. The first kappa shape index (κ1) is 12.3. The van der Waals surface area contributed by atoms with Crippen molar-refractivity contribution in [3.05, 3.63) is 71.3 Å². The van der Waals surface area contributed by atoms with Crippen molar-refractivity contribution in [1.29, 1.82) is 0 Å². The van der Waals surface area contributed by atoms with Crippen molar-refractivity contribution in [3.63, 3.8) is 0 Å². The Morgan fingerprint density at radius 1 is 1.11 bits per heavy atom. The summed E-state index contributed by atoms with van der Waals surface area (Å²) in [5, 5.41) is 0. The zero-order valence-corrected chi connectivity index (χ0v) is 10.2. The highest BCUT2D eigenvalue weighted by Gasteiger charge is 2.20. The summed E-state index contributed by atoms with van der Waals surface area (Å²) in [6, 6.07) is 17.1. The van der Waals surface area contributed by atoms with Gasteiger partial charge in [0.05, 0.1) is 11.3 Å². The summed E-state index contributed by atoms with van der Waals surface area (Å²) < 4.78 is 0. The van der Waals surface area contributed by atoms with Gasteiger partial charge in [0.15, 0.2) is 0 Å². The van der Waals surface area contributed by atoms with E-state index in [9.17, 15) is 4.79 Å². The summed E-state index contributed by atoms with van der Waals surface area (Å²) >= 11 is 0. The molecule has 0 unspecified atom stereocenters. The number of rotatable bonds is 4. The minimum Gasteiger partial charge on any atom is -0.195 e. The summed E-state index contributed by atoms with van der Waals surface area (Å²) in [5.74, 6) is -0.366. The maximum absolute atomic E-state index is 11.7. The van der Waals surface area contributed by atoms with Gasteiger partial charge in [0, 0.05) is 0 Å². The predicted octanol–water partition coefficient (Wildman–Crippen LogP) is 2.86. The molecule has 2 aromatic carbocycles. The van der Waals surface area contributed by atoms with Crippen molar-refractivity contribution in [2.45, 2.75) is 13.5 Å². The van der Waals surface area contributed by atoms with Gasteiger partial charge in [-0.2, -0.15) is 4.84 Å². The van der Waals surface area contributed by atoms with E-state index in [4.69, 9.17) is 4.84 Å². The van der Waals surface area contributed by atoms with Crippen LogP contribution in [0.1, 0.15) is 21.5 Å². The quantitative estimate of drug-likeness (QED) is 0.661. The molecule has 3 nitrogen and oxygen atoms in total. The maximum Gasteiger partial charge on any atom is 0.630 e. The number of nitrogens with one attached hydrogen (secondary N) is 1. The van der Waals surface area contributed by atoms with E-state index in [1.165, 1.54) is 0 Å². The molecule has 0 atom stereocenters. The third kappa shape index (κ3) is 3.43. The van der Waals surface area contributed by atoms with Crippen LogP contribution in [0.25, 0.3) is 0 Å². The molecule has 0 amide bonds. The summed E-state index contributed by atoms with van der Waals surface area (Å²) in [5.41, 5.74) is 5.32. The minimum atomic E-state index is -0.366. The fraction of sp³-hybridized carbons (Fsp3) is 0.133. The van der Waals surface area contributed by atoms with Gasteiger partial charge in [0.2, 0.25) is 0 Å². The van der Waals surface area contributed by atoms with Crippen molar-refractivity contribution >= 4 is 5.97 Å². The zero-order valence-electron chi connectivity index (χ0n) is 10.2. The van der Waals surface area contributed by atoms with Crippen LogP contribution in [0.15, 0.2) is 54.6 Å². The average Bonchev–Trinajstić information content (AvgIpc) is 2.40. The molecule has 0 aliphatic rings. The van der Waals surface area contributed by atoms with E-state index >= 15 is 0 Å². The van der Waals surface area contributed by atoms with Crippen molar-refractivity contribution in [1.82, 2.24) is 5.48 Å². The molecule has 2 rings (SSSR count). The monoisotopic (exact) mass is 241 g/mol. The molecule has 2 aromatic rings. The molecule has 0 aliphatic carbocycles. The predicted molar refractivity (Wildman–Crippen MR) is 69.9 cm³/mol. The molecule has 1 radical (unpaired) electrons. The number of carbonyl (C=O) groups excluding carboxylic acids is 1. The number of carbonyl (C=O) groups is 1. The molecule has 0 spiro atoms. The molecular formula is C15H15NO2+. The first-order valence-corrected chi connectivity index (χ1v) is 5.80. The lowest BCUT2D eigenvalue weighted by Gasteiger charge is -1.97. The molecule has 0 bridgehead atoms. The Balaban J connectivity index is 1.86. The van der Waals surface area contributed by atoms with Crippen LogP contribution >= 0.6 is 0 Å². The van der Waals surface area contributed by atoms with Crippen LogP contribution in [0.5, 0.6) is 0 Å². The lowest BCUT2D eigenvalue weighted by Crippen LogP contribution is -2.19. The fourth-order valence-corrected chi connectivity index (χ4v) is 1.61. The summed E-state index contributed by atoms with van der Waals surface area (Å²) in [6.45, 7) is 2.44. The van der Waals surface area contributed by atoms with E-state index in [0.29, 0.717) is 12.1 Å². The Hall–Kier alpha value is -2.13. The average molecular weight is 241 g/mol. The lowest BCUT2D eigenvalue weighted by atomic mass is 10.1. The van der Waals surface area contributed by atoms with Crippen LogP contribution in [0.3, 0.4) is 0 Å². The Bertz CT molecular complexity index is 523. The SMILES string of the molecule is Cc1cccc(C(=[O+])ONCc2ccccc2)c1. The first-order chi connectivity index (χ1) is 8.75. The number of benzene rings is 2. The van der Waals surface area contributed by atoms with Crippen LogP contribution in [-0.4, -0.2) is 5.97 Å². The highest BCUT2D eigenvalue weighted by Crippen LogP contribution is 2.05. The smallest absolute Gasteiger partial charge is 0.195 e. The molecule has 0 aromatic heterocycles. The zero-order chi connectivity index (χ0) is 12.8. The van der Waals surface area contributed by atoms with Gasteiger partial charge in [-0.25, -0.2) is 0 Å². The normalized spacial score (nSPS) is 10.1. The highest BCUT2D eigenvalue weighted by atomic mass is 16.7. The van der Waals surface area contributed by atoms with E-state index in [2.05, 4.69) is 5.48 Å². The number of aryl methyl sites for hydroxylation is 1. The van der Waals surface area contributed by atoms with Crippen LogP contribution in [0.4, 0.5) is 0 Å².